The van der Waals surface area contributed by atoms with Crippen LogP contribution in [0.3, 0.4) is 0 Å². The Bertz CT molecular complexity index is 875. The molecule has 2 rings (SSSR count). The molecular formula is C10H8N6O14. The van der Waals surface area contributed by atoms with E-state index >= 15 is 0 Å². The summed E-state index contributed by atoms with van der Waals surface area (Å²) in [5, 5.41) is 44.1. The molecule has 0 unspecified atom stereocenters. The molecule has 0 N–H and O–H groups in total. The summed E-state index contributed by atoms with van der Waals surface area (Å²) in [6, 6.07) is 0. The average Bonchev–Trinajstić information content (AvgIpc) is 3.24. The topological polar surface area (TPSA) is 262 Å². The first-order valence-electron chi connectivity index (χ1n) is 7.23. The molecule has 20 heteroatoms. The molecule has 2 aromatic heterocycles. The Kier molecular flexibility index (Phi) is 6.76. The number of hydrogen-bond donors (Lipinski definition) is 0. The number of nitrogens with zero attached hydrogens (tertiary/aromatic N) is 6. The van der Waals surface area contributed by atoms with Crippen molar-refractivity contribution in [1.29, 1.82) is 0 Å². The molecule has 0 aliphatic heterocycles. The summed E-state index contributed by atoms with van der Waals surface area (Å²) in [7, 11) is 0. The molecular weight excluding hydrogens is 428 g/mol. The zero-order valence-corrected chi connectivity index (χ0v) is 14.2. The number of aromatic nitrogens is 2. The molecule has 0 saturated carbocycles. The van der Waals surface area contributed by atoms with Crippen LogP contribution in [0.25, 0.3) is 11.4 Å². The van der Waals surface area contributed by atoms with Crippen molar-refractivity contribution in [3.63, 3.8) is 0 Å². The van der Waals surface area contributed by atoms with Crippen molar-refractivity contribution in [3.05, 3.63) is 63.1 Å². The molecule has 0 fully saturated rings. The van der Waals surface area contributed by atoms with Gasteiger partial charge < -0.3 is 28.4 Å². The number of rotatable bonds is 13. The van der Waals surface area contributed by atoms with Crippen LogP contribution >= 0.6 is 0 Å². The monoisotopic (exact) mass is 436 g/mol. The smallest absolute Gasteiger partial charge is 0.294 e. The highest BCUT2D eigenvalue weighted by Gasteiger charge is 2.27. The molecule has 0 atom stereocenters. The van der Waals surface area contributed by atoms with Crippen molar-refractivity contribution in [1.82, 2.24) is 10.3 Å². The van der Waals surface area contributed by atoms with Gasteiger partial charge in [-0.2, -0.15) is 0 Å². The summed E-state index contributed by atoms with van der Waals surface area (Å²) in [6.07, 6.45) is 0. The standard InChI is InChI=1S/C10H8N6O14/c17-13(18)25-1-5-7(3-27-15(21)22)29-11-9(5)10-6(2-26-14(19)20)8(30-12-10)4-28-16(23)24/h1-4H2. The first-order valence-corrected chi connectivity index (χ1v) is 7.23. The van der Waals surface area contributed by atoms with Gasteiger partial charge in [-0.3, -0.25) is 0 Å². The normalized spacial score (nSPS) is 10.3. The van der Waals surface area contributed by atoms with Crippen LogP contribution in [0.4, 0.5) is 0 Å². The Balaban J connectivity index is 2.46. The van der Waals surface area contributed by atoms with Gasteiger partial charge in [0.2, 0.25) is 0 Å². The van der Waals surface area contributed by atoms with Crippen LogP contribution in [0.5, 0.6) is 0 Å². The summed E-state index contributed by atoms with van der Waals surface area (Å²) in [4.78, 5) is 58.4. The minimum atomic E-state index is -1.18. The van der Waals surface area contributed by atoms with Crippen LogP contribution in [0.2, 0.25) is 0 Å². The van der Waals surface area contributed by atoms with Crippen LogP contribution in [0.1, 0.15) is 22.6 Å². The van der Waals surface area contributed by atoms with E-state index in [1.807, 2.05) is 0 Å². The van der Waals surface area contributed by atoms with Crippen molar-refractivity contribution < 1.29 is 48.7 Å². The molecule has 30 heavy (non-hydrogen) atoms. The maximum absolute atomic E-state index is 10.5. The fourth-order valence-corrected chi connectivity index (χ4v) is 2.04. The highest BCUT2D eigenvalue weighted by atomic mass is 17.0. The van der Waals surface area contributed by atoms with E-state index in [-0.39, 0.29) is 34.0 Å². The Morgan fingerprint density at radius 3 is 1.20 bits per heavy atom. The van der Waals surface area contributed by atoms with E-state index in [1.54, 1.807) is 0 Å². The van der Waals surface area contributed by atoms with E-state index in [0.29, 0.717) is 0 Å². The first-order chi connectivity index (χ1) is 14.2. The summed E-state index contributed by atoms with van der Waals surface area (Å²) in [5.74, 6) is -0.730. The van der Waals surface area contributed by atoms with Gasteiger partial charge in [-0.25, -0.2) is 0 Å². The van der Waals surface area contributed by atoms with E-state index in [4.69, 9.17) is 9.05 Å². The molecule has 0 aromatic carbocycles. The van der Waals surface area contributed by atoms with Crippen LogP contribution in [0, 0.1) is 40.5 Å². The Morgan fingerprint density at radius 1 is 0.600 bits per heavy atom. The largest absolute Gasteiger partial charge is 0.358 e. The van der Waals surface area contributed by atoms with Crippen molar-refractivity contribution >= 4 is 0 Å². The second-order valence-corrected chi connectivity index (χ2v) is 4.85. The Morgan fingerprint density at radius 2 is 0.900 bits per heavy atom. The maximum Gasteiger partial charge on any atom is 0.294 e. The molecule has 162 valence electrons. The number of hydrogen-bond acceptors (Lipinski definition) is 16. The second-order valence-electron chi connectivity index (χ2n) is 4.85. The van der Waals surface area contributed by atoms with E-state index in [1.165, 1.54) is 0 Å². The Hall–Kier alpha value is -4.78. The molecule has 0 amide bonds. The quantitative estimate of drug-likeness (QED) is 0.299. The third-order valence-corrected chi connectivity index (χ3v) is 3.19. The van der Waals surface area contributed by atoms with E-state index in [2.05, 4.69) is 29.7 Å². The molecule has 20 nitrogen and oxygen atoms in total. The van der Waals surface area contributed by atoms with Gasteiger partial charge in [0.05, 0.1) is 11.1 Å². The predicted octanol–water partition coefficient (Wildman–Crippen LogP) is 0.163. The molecule has 0 saturated heterocycles. The molecule has 0 radical (unpaired) electrons. The lowest BCUT2D eigenvalue weighted by Crippen LogP contribution is -2.07. The fraction of sp³-hybridized carbons (Fsp3) is 0.400. The third kappa shape index (κ3) is 5.61. The first kappa shape index (κ1) is 21.5. The van der Waals surface area contributed by atoms with Gasteiger partial charge in [-0.05, 0) is 0 Å². The second kappa shape index (κ2) is 9.43. The highest BCUT2D eigenvalue weighted by molar-refractivity contribution is 5.63. The van der Waals surface area contributed by atoms with E-state index in [9.17, 15) is 40.5 Å². The Labute approximate surface area is 161 Å². The predicted molar refractivity (Wildman–Crippen MR) is 79.1 cm³/mol. The SMILES string of the molecule is O=[N+]([O-])OCc1onc(-c2noc(CO[N+](=O)[O-])c2CO[N+](=O)[O-])c1CO[N+](=O)[O-]. The van der Waals surface area contributed by atoms with Crippen LogP contribution in [-0.2, 0) is 45.8 Å². The lowest BCUT2D eigenvalue weighted by atomic mass is 10.1. The summed E-state index contributed by atoms with van der Waals surface area (Å²) in [6.45, 7) is -3.28. The average molecular weight is 436 g/mol. The summed E-state index contributed by atoms with van der Waals surface area (Å²) < 4.78 is 9.69. The molecule has 0 aliphatic carbocycles. The van der Waals surface area contributed by atoms with Gasteiger partial charge in [-0.15, -0.1) is 40.5 Å². The summed E-state index contributed by atoms with van der Waals surface area (Å²) >= 11 is 0. The third-order valence-electron chi connectivity index (χ3n) is 3.19. The van der Waals surface area contributed by atoms with Crippen molar-refractivity contribution in [2.24, 2.45) is 0 Å². The van der Waals surface area contributed by atoms with Gasteiger partial charge in [0, 0.05) is 0 Å². The summed E-state index contributed by atoms with van der Waals surface area (Å²) in [5.41, 5.74) is -1.16. The van der Waals surface area contributed by atoms with Gasteiger partial charge in [-0.1, -0.05) is 10.3 Å². The molecule has 0 aliphatic rings. The van der Waals surface area contributed by atoms with Gasteiger partial charge in [0.1, 0.15) is 24.6 Å². The van der Waals surface area contributed by atoms with Crippen LogP contribution < -0.4 is 0 Å². The maximum atomic E-state index is 10.5. The molecule has 0 spiro atoms. The van der Waals surface area contributed by atoms with Crippen molar-refractivity contribution in [2.75, 3.05) is 0 Å². The lowest BCUT2D eigenvalue weighted by molar-refractivity contribution is -0.764. The van der Waals surface area contributed by atoms with Gasteiger partial charge >= 0.3 is 0 Å². The van der Waals surface area contributed by atoms with Crippen molar-refractivity contribution in [2.45, 2.75) is 26.4 Å². The zero-order chi connectivity index (χ0) is 22.3. The lowest BCUT2D eigenvalue weighted by Gasteiger charge is -2.04. The van der Waals surface area contributed by atoms with Crippen molar-refractivity contribution in [3.8, 4) is 11.4 Å². The fourth-order valence-electron chi connectivity index (χ4n) is 2.04. The minimum absolute atomic E-state index is 0.244. The van der Waals surface area contributed by atoms with E-state index < -0.39 is 46.8 Å². The van der Waals surface area contributed by atoms with Gasteiger partial charge in [0.25, 0.3) is 20.3 Å². The minimum Gasteiger partial charge on any atom is -0.358 e. The molecule has 2 aromatic rings. The molecule has 0 bridgehead atoms. The van der Waals surface area contributed by atoms with Gasteiger partial charge in [0.15, 0.2) is 24.7 Å². The van der Waals surface area contributed by atoms with E-state index in [0.717, 1.165) is 0 Å². The van der Waals surface area contributed by atoms with Crippen LogP contribution in [-0.4, -0.2) is 30.7 Å². The highest BCUT2D eigenvalue weighted by Crippen LogP contribution is 2.31. The van der Waals surface area contributed by atoms with Crippen LogP contribution in [0.15, 0.2) is 9.05 Å². The molecule has 2 heterocycles. The zero-order valence-electron chi connectivity index (χ0n) is 14.2.